The highest BCUT2D eigenvalue weighted by atomic mass is 13.9. The molecule has 0 rings (SSSR count). The Balaban J connectivity index is 3.27. The molecule has 0 saturated carbocycles. The van der Waals surface area contributed by atoms with Crippen molar-refractivity contribution in [1.29, 1.82) is 0 Å². The van der Waals surface area contributed by atoms with Gasteiger partial charge in [-0.25, -0.2) is 0 Å². The van der Waals surface area contributed by atoms with E-state index in [-0.39, 0.29) is 0 Å². The summed E-state index contributed by atoms with van der Waals surface area (Å²) in [5, 5.41) is 0. The summed E-state index contributed by atoms with van der Waals surface area (Å²) < 4.78 is 0. The molecule has 0 unspecified atom stereocenters. The molecule has 0 spiro atoms. The van der Waals surface area contributed by atoms with Crippen LogP contribution in [0.5, 0.6) is 0 Å². The van der Waals surface area contributed by atoms with Crippen LogP contribution in [-0.4, -0.2) is 0 Å². The lowest BCUT2D eigenvalue weighted by atomic mass is 10.1. The van der Waals surface area contributed by atoms with Crippen LogP contribution in [0.1, 0.15) is 72.1 Å². The highest BCUT2D eigenvalue weighted by Crippen LogP contribution is 2.05. The zero-order valence-electron chi connectivity index (χ0n) is 12.0. The van der Waals surface area contributed by atoms with Crippen molar-refractivity contribution in [3.63, 3.8) is 0 Å². The fourth-order valence-electron chi connectivity index (χ4n) is 1.65. The molecule has 0 bridgehead atoms. The fourth-order valence-corrected chi connectivity index (χ4v) is 1.65. The summed E-state index contributed by atoms with van der Waals surface area (Å²) >= 11 is 0. The number of hydrogen-bond donors (Lipinski definition) is 0. The van der Waals surface area contributed by atoms with Gasteiger partial charge in [-0.1, -0.05) is 68.6 Å². The molecule has 0 saturated heterocycles. The first-order valence-electron chi connectivity index (χ1n) is 7.20. The van der Waals surface area contributed by atoms with Crippen LogP contribution in [0.4, 0.5) is 0 Å². The minimum Gasteiger partial charge on any atom is -0.0882 e. The molecule has 17 heavy (non-hydrogen) atoms. The number of allylic oxidation sites excluding steroid dienone is 6. The molecule has 0 heterocycles. The topological polar surface area (TPSA) is 0 Å². The first kappa shape index (κ1) is 16.2. The van der Waals surface area contributed by atoms with Crippen molar-refractivity contribution < 1.29 is 0 Å². The van der Waals surface area contributed by atoms with Gasteiger partial charge in [0.05, 0.1) is 0 Å². The third-order valence-corrected chi connectivity index (χ3v) is 2.74. The van der Waals surface area contributed by atoms with Crippen LogP contribution in [0, 0.1) is 0 Å². The molecule has 0 heteroatoms. The first-order chi connectivity index (χ1) is 8.27. The Kier molecular flexibility index (Phi) is 12.7. The maximum absolute atomic E-state index is 2.33. The van der Waals surface area contributed by atoms with E-state index >= 15 is 0 Å². The van der Waals surface area contributed by atoms with Gasteiger partial charge >= 0.3 is 0 Å². The predicted octanol–water partition coefficient (Wildman–Crippen LogP) is 6.21. The Morgan fingerprint density at radius 2 is 1.41 bits per heavy atom. The van der Waals surface area contributed by atoms with Crippen LogP contribution < -0.4 is 0 Å². The van der Waals surface area contributed by atoms with Crippen molar-refractivity contribution in [1.82, 2.24) is 0 Å². The van der Waals surface area contributed by atoms with Gasteiger partial charge in [0, 0.05) is 0 Å². The zero-order valence-corrected chi connectivity index (χ0v) is 12.0. The van der Waals surface area contributed by atoms with E-state index in [1.54, 1.807) is 0 Å². The molecule has 0 aliphatic carbocycles. The van der Waals surface area contributed by atoms with Crippen LogP contribution >= 0.6 is 0 Å². The Hall–Kier alpha value is -0.780. The van der Waals surface area contributed by atoms with Gasteiger partial charge in [-0.05, 0) is 39.5 Å². The van der Waals surface area contributed by atoms with Gasteiger partial charge in [0.15, 0.2) is 0 Å². The molecule has 0 aromatic carbocycles. The Bertz CT molecular complexity index is 226. The fraction of sp³-hybridized carbons (Fsp3) is 0.647. The van der Waals surface area contributed by atoms with E-state index in [9.17, 15) is 0 Å². The van der Waals surface area contributed by atoms with Gasteiger partial charge in [-0.2, -0.15) is 0 Å². The monoisotopic (exact) mass is 234 g/mol. The van der Waals surface area contributed by atoms with Crippen molar-refractivity contribution in [2.24, 2.45) is 0 Å². The van der Waals surface area contributed by atoms with E-state index in [1.165, 1.54) is 44.1 Å². The molecule has 0 aromatic rings. The summed E-state index contributed by atoms with van der Waals surface area (Å²) in [6.07, 6.45) is 21.7. The minimum atomic E-state index is 1.08. The molecule has 98 valence electrons. The molecule has 0 nitrogen and oxygen atoms in total. The second-order valence-electron chi connectivity index (χ2n) is 4.90. The summed E-state index contributed by atoms with van der Waals surface area (Å²) in [5.74, 6) is 0. The lowest BCUT2D eigenvalue weighted by Gasteiger charge is -1.95. The highest BCUT2D eigenvalue weighted by Gasteiger charge is 1.85. The average Bonchev–Trinajstić information content (AvgIpc) is 2.30. The SMILES string of the molecule is CCCCCCC/C=C/C/C=C/CC=C(C)C. The molecule has 0 aromatic heterocycles. The van der Waals surface area contributed by atoms with Gasteiger partial charge in [0.25, 0.3) is 0 Å². The van der Waals surface area contributed by atoms with E-state index < -0.39 is 0 Å². The highest BCUT2D eigenvalue weighted by molar-refractivity contribution is 5.00. The maximum atomic E-state index is 2.33. The van der Waals surface area contributed by atoms with Crippen LogP contribution in [0.15, 0.2) is 36.0 Å². The second kappa shape index (κ2) is 13.3. The van der Waals surface area contributed by atoms with Crippen molar-refractivity contribution in [3.05, 3.63) is 36.0 Å². The van der Waals surface area contributed by atoms with E-state index in [1.807, 2.05) is 0 Å². The maximum Gasteiger partial charge on any atom is -0.0167 e. The van der Waals surface area contributed by atoms with E-state index in [4.69, 9.17) is 0 Å². The van der Waals surface area contributed by atoms with Crippen molar-refractivity contribution >= 4 is 0 Å². The molecule has 0 aliphatic heterocycles. The first-order valence-corrected chi connectivity index (χ1v) is 7.20. The molecular weight excluding hydrogens is 204 g/mol. The third-order valence-electron chi connectivity index (χ3n) is 2.74. The van der Waals surface area contributed by atoms with Crippen LogP contribution in [-0.2, 0) is 0 Å². The smallest absolute Gasteiger partial charge is 0.0167 e. The lowest BCUT2D eigenvalue weighted by Crippen LogP contribution is -1.75. The van der Waals surface area contributed by atoms with Gasteiger partial charge in [0.2, 0.25) is 0 Å². The van der Waals surface area contributed by atoms with Crippen LogP contribution in [0.25, 0.3) is 0 Å². The largest absolute Gasteiger partial charge is 0.0882 e. The summed E-state index contributed by atoms with van der Waals surface area (Å²) in [5.41, 5.74) is 1.40. The van der Waals surface area contributed by atoms with Gasteiger partial charge < -0.3 is 0 Å². The van der Waals surface area contributed by atoms with Gasteiger partial charge in [-0.3, -0.25) is 0 Å². The van der Waals surface area contributed by atoms with Crippen LogP contribution in [0.2, 0.25) is 0 Å². The Labute approximate surface area is 109 Å². The summed E-state index contributed by atoms with van der Waals surface area (Å²) in [4.78, 5) is 0. The average molecular weight is 234 g/mol. The van der Waals surface area contributed by atoms with E-state index in [0.717, 1.165) is 12.8 Å². The lowest BCUT2D eigenvalue weighted by molar-refractivity contribution is 0.637. The third kappa shape index (κ3) is 15.2. The predicted molar refractivity (Wildman–Crippen MR) is 80.3 cm³/mol. The Morgan fingerprint density at radius 3 is 2.12 bits per heavy atom. The molecule has 0 aliphatic rings. The number of rotatable bonds is 10. The second-order valence-corrected chi connectivity index (χ2v) is 4.90. The molecule has 0 radical (unpaired) electrons. The standard InChI is InChI=1S/C17H30/c1-4-5-6-7-8-9-10-11-12-13-14-15-16-17(2)3/h10-11,13-14,16H,4-9,12,15H2,1-3H3/b11-10+,14-13+. The van der Waals surface area contributed by atoms with Gasteiger partial charge in [-0.15, -0.1) is 0 Å². The van der Waals surface area contributed by atoms with Crippen molar-refractivity contribution in [2.45, 2.75) is 72.1 Å². The van der Waals surface area contributed by atoms with Crippen molar-refractivity contribution in [2.75, 3.05) is 0 Å². The van der Waals surface area contributed by atoms with Crippen LogP contribution in [0.3, 0.4) is 0 Å². The molecule has 0 atom stereocenters. The Morgan fingerprint density at radius 1 is 0.765 bits per heavy atom. The quantitative estimate of drug-likeness (QED) is 0.311. The summed E-state index contributed by atoms with van der Waals surface area (Å²) in [7, 11) is 0. The molecule has 0 N–H and O–H groups in total. The van der Waals surface area contributed by atoms with Crippen molar-refractivity contribution in [3.8, 4) is 0 Å². The molecular formula is C17H30. The molecule has 0 amide bonds. The number of unbranched alkanes of at least 4 members (excludes halogenated alkanes) is 5. The number of hydrogen-bond acceptors (Lipinski definition) is 0. The summed E-state index contributed by atoms with van der Waals surface area (Å²) in [6.45, 7) is 6.56. The van der Waals surface area contributed by atoms with Gasteiger partial charge in [0.1, 0.15) is 0 Å². The minimum absolute atomic E-state index is 1.08. The molecule has 0 fully saturated rings. The zero-order chi connectivity index (χ0) is 12.8. The van der Waals surface area contributed by atoms with E-state index in [0.29, 0.717) is 0 Å². The normalized spacial score (nSPS) is 11.5. The van der Waals surface area contributed by atoms with E-state index in [2.05, 4.69) is 51.2 Å². The summed E-state index contributed by atoms with van der Waals surface area (Å²) in [6, 6.07) is 0.